The predicted molar refractivity (Wildman–Crippen MR) is 87.6 cm³/mol. The molecule has 0 fully saturated rings. The molecule has 0 spiro atoms. The van der Waals surface area contributed by atoms with Gasteiger partial charge >= 0.3 is 0 Å². The molecule has 2 aromatic heterocycles. The molecule has 0 atom stereocenters. The van der Waals surface area contributed by atoms with Gasteiger partial charge in [0.05, 0.1) is 12.4 Å². The van der Waals surface area contributed by atoms with E-state index in [-0.39, 0.29) is 0 Å². The number of benzene rings is 1. The molecule has 0 radical (unpaired) electrons. The number of fused-ring (bicyclic) bond motifs is 1. The van der Waals surface area contributed by atoms with Gasteiger partial charge in [-0.1, -0.05) is 19.2 Å². The highest BCUT2D eigenvalue weighted by Crippen LogP contribution is 2.26. The van der Waals surface area contributed by atoms with Gasteiger partial charge in [-0.25, -0.2) is 0 Å². The molecular weight excluding hydrogens is 258 g/mol. The lowest BCUT2D eigenvalue weighted by Crippen LogP contribution is -1.89. The maximum atomic E-state index is 4.20. The first-order valence-electron chi connectivity index (χ1n) is 6.94. The summed E-state index contributed by atoms with van der Waals surface area (Å²) in [7, 11) is 0. The van der Waals surface area contributed by atoms with Crippen molar-refractivity contribution in [3.63, 3.8) is 0 Å². The van der Waals surface area contributed by atoms with E-state index >= 15 is 0 Å². The van der Waals surface area contributed by atoms with Crippen molar-refractivity contribution in [1.29, 1.82) is 0 Å². The van der Waals surface area contributed by atoms with Crippen LogP contribution in [0.4, 0.5) is 0 Å². The minimum Gasteiger partial charge on any atom is -0.361 e. The highest BCUT2D eigenvalue weighted by atomic mass is 15.1. The van der Waals surface area contributed by atoms with Gasteiger partial charge in [0.25, 0.3) is 0 Å². The smallest absolute Gasteiger partial charge is 0.0571 e. The zero-order valence-electron chi connectivity index (χ0n) is 11.8. The van der Waals surface area contributed by atoms with Crippen LogP contribution >= 0.6 is 0 Å². The van der Waals surface area contributed by atoms with Gasteiger partial charge in [0.1, 0.15) is 0 Å². The molecule has 21 heavy (non-hydrogen) atoms. The third-order valence-corrected chi connectivity index (χ3v) is 3.68. The number of aromatic nitrogens is 3. The Bertz CT molecular complexity index is 784. The largest absolute Gasteiger partial charge is 0.361 e. The maximum absolute atomic E-state index is 4.20. The second-order valence-corrected chi connectivity index (χ2v) is 5.12. The molecule has 0 amide bonds. The molecule has 3 aromatic rings. The Hall–Kier alpha value is -2.68. The molecular formula is C18H17N3. The third-order valence-electron chi connectivity index (χ3n) is 3.68. The molecule has 104 valence electrons. The number of rotatable bonds is 5. The summed E-state index contributed by atoms with van der Waals surface area (Å²) in [4.78, 5) is 3.20. The van der Waals surface area contributed by atoms with Crippen LogP contribution < -0.4 is 0 Å². The fourth-order valence-corrected chi connectivity index (χ4v) is 2.36. The number of allylic oxidation sites excluding steroid dienone is 2. The van der Waals surface area contributed by atoms with E-state index < -0.39 is 0 Å². The summed E-state index contributed by atoms with van der Waals surface area (Å²) in [5.41, 5.74) is 5.57. The summed E-state index contributed by atoms with van der Waals surface area (Å²) < 4.78 is 0. The summed E-state index contributed by atoms with van der Waals surface area (Å²) >= 11 is 0. The lowest BCUT2D eigenvalue weighted by atomic mass is 9.97. The number of nitrogens with one attached hydrogen (secondary N) is 1. The van der Waals surface area contributed by atoms with Crippen molar-refractivity contribution in [2.24, 2.45) is 0 Å². The Morgan fingerprint density at radius 3 is 2.52 bits per heavy atom. The number of H-pyrrole nitrogens is 1. The number of hydrogen-bond acceptors (Lipinski definition) is 2. The maximum Gasteiger partial charge on any atom is 0.0571 e. The molecule has 1 aromatic carbocycles. The molecule has 0 aliphatic heterocycles. The van der Waals surface area contributed by atoms with Crippen LogP contribution in [-0.2, 0) is 0 Å². The average Bonchev–Trinajstić information content (AvgIpc) is 3.00. The number of aromatic amines is 1. The van der Waals surface area contributed by atoms with E-state index in [2.05, 4.69) is 52.6 Å². The minimum atomic E-state index is 0.871. The van der Waals surface area contributed by atoms with E-state index in [0.717, 1.165) is 35.1 Å². The monoisotopic (exact) mass is 275 g/mol. The second kappa shape index (κ2) is 5.75. The Morgan fingerprint density at radius 2 is 1.76 bits per heavy atom. The van der Waals surface area contributed by atoms with Crippen molar-refractivity contribution in [2.75, 3.05) is 0 Å². The van der Waals surface area contributed by atoms with E-state index in [9.17, 15) is 0 Å². The molecule has 3 heteroatoms. The zero-order valence-corrected chi connectivity index (χ0v) is 11.8. The molecule has 3 rings (SSSR count). The van der Waals surface area contributed by atoms with Crippen LogP contribution in [0, 0.1) is 0 Å². The highest BCUT2D eigenvalue weighted by Gasteiger charge is 2.04. The van der Waals surface area contributed by atoms with Crippen LogP contribution in [0.1, 0.15) is 24.0 Å². The Balaban J connectivity index is 1.67. The number of hydrogen-bond donors (Lipinski definition) is 1. The van der Waals surface area contributed by atoms with E-state index in [4.69, 9.17) is 0 Å². The molecule has 0 unspecified atom stereocenters. The first-order valence-corrected chi connectivity index (χ1v) is 6.94. The van der Waals surface area contributed by atoms with Gasteiger partial charge in [-0.3, -0.25) is 0 Å². The molecule has 1 N–H and O–H groups in total. The minimum absolute atomic E-state index is 0.871. The Kier molecular flexibility index (Phi) is 3.65. The fraction of sp³-hybridized carbons (Fsp3) is 0.111. The van der Waals surface area contributed by atoms with Crippen molar-refractivity contribution in [2.45, 2.75) is 12.8 Å². The average molecular weight is 275 g/mol. The van der Waals surface area contributed by atoms with Gasteiger partial charge in [-0.05, 0) is 64.8 Å². The summed E-state index contributed by atoms with van der Waals surface area (Å²) in [6.45, 7) is 8.32. The van der Waals surface area contributed by atoms with Gasteiger partial charge in [0, 0.05) is 11.7 Å². The van der Waals surface area contributed by atoms with Crippen molar-refractivity contribution in [3.8, 4) is 0 Å². The van der Waals surface area contributed by atoms with E-state index in [1.807, 2.05) is 12.3 Å². The SMILES string of the molecule is C=C(CCC(=C)c1ccc2[nH]ccc2c1)c1ccnnc1. The lowest BCUT2D eigenvalue weighted by molar-refractivity contribution is 1.01. The van der Waals surface area contributed by atoms with Crippen molar-refractivity contribution < 1.29 is 0 Å². The van der Waals surface area contributed by atoms with Gasteiger partial charge in [0.2, 0.25) is 0 Å². The van der Waals surface area contributed by atoms with Crippen LogP contribution in [0.25, 0.3) is 22.0 Å². The van der Waals surface area contributed by atoms with E-state index in [1.165, 1.54) is 10.9 Å². The summed E-state index contributed by atoms with van der Waals surface area (Å²) in [6.07, 6.45) is 7.15. The van der Waals surface area contributed by atoms with Crippen LogP contribution in [0.3, 0.4) is 0 Å². The second-order valence-electron chi connectivity index (χ2n) is 5.12. The fourth-order valence-electron chi connectivity index (χ4n) is 2.36. The molecule has 2 heterocycles. The van der Waals surface area contributed by atoms with Crippen molar-refractivity contribution in [3.05, 3.63) is 73.2 Å². The van der Waals surface area contributed by atoms with Gasteiger partial charge < -0.3 is 4.98 Å². The third kappa shape index (κ3) is 2.92. The van der Waals surface area contributed by atoms with Gasteiger partial charge in [0.15, 0.2) is 0 Å². The lowest BCUT2D eigenvalue weighted by Gasteiger charge is -2.08. The molecule has 0 bridgehead atoms. The number of nitrogens with zero attached hydrogens (tertiary/aromatic N) is 2. The van der Waals surface area contributed by atoms with Crippen LogP contribution in [0.2, 0.25) is 0 Å². The molecule has 0 saturated carbocycles. The molecule has 0 aliphatic carbocycles. The molecule has 3 nitrogen and oxygen atoms in total. The van der Waals surface area contributed by atoms with Crippen LogP contribution in [0.5, 0.6) is 0 Å². The predicted octanol–water partition coefficient (Wildman–Crippen LogP) is 4.46. The van der Waals surface area contributed by atoms with Gasteiger partial charge in [-0.2, -0.15) is 10.2 Å². The normalized spacial score (nSPS) is 10.7. The first-order chi connectivity index (χ1) is 10.2. The van der Waals surface area contributed by atoms with E-state index in [1.54, 1.807) is 12.4 Å². The van der Waals surface area contributed by atoms with Gasteiger partial charge in [-0.15, -0.1) is 0 Å². The highest BCUT2D eigenvalue weighted by molar-refractivity contribution is 5.83. The molecule has 0 aliphatic rings. The zero-order chi connectivity index (χ0) is 14.7. The molecule has 0 saturated heterocycles. The van der Waals surface area contributed by atoms with Crippen molar-refractivity contribution in [1.82, 2.24) is 15.2 Å². The first kappa shape index (κ1) is 13.3. The summed E-state index contributed by atoms with van der Waals surface area (Å²) in [5, 5.41) is 8.88. The van der Waals surface area contributed by atoms with Crippen molar-refractivity contribution >= 4 is 22.0 Å². The van der Waals surface area contributed by atoms with Crippen LogP contribution in [-0.4, -0.2) is 15.2 Å². The Morgan fingerprint density at radius 1 is 0.952 bits per heavy atom. The Labute approximate surface area is 124 Å². The quantitative estimate of drug-likeness (QED) is 0.746. The topological polar surface area (TPSA) is 41.6 Å². The standard InChI is InChI=1S/C18H17N3/c1-13(3-4-14(2)17-8-10-20-21-12-17)15-5-6-18-16(11-15)7-9-19-18/h5-12,19H,1-4H2. The van der Waals surface area contributed by atoms with E-state index in [0.29, 0.717) is 0 Å². The summed E-state index contributed by atoms with van der Waals surface area (Å²) in [5.74, 6) is 0. The summed E-state index contributed by atoms with van der Waals surface area (Å²) in [6, 6.07) is 10.4. The van der Waals surface area contributed by atoms with Crippen LogP contribution in [0.15, 0.2) is 62.1 Å².